The van der Waals surface area contributed by atoms with Crippen LogP contribution in [0.3, 0.4) is 0 Å². The fourth-order valence-electron chi connectivity index (χ4n) is 3.91. The molecule has 166 valence electrons. The van der Waals surface area contributed by atoms with Crippen LogP contribution >= 0.6 is 0 Å². The van der Waals surface area contributed by atoms with Gasteiger partial charge in [-0.25, -0.2) is 0 Å². The van der Waals surface area contributed by atoms with Crippen molar-refractivity contribution in [3.8, 4) is 0 Å². The minimum Gasteiger partial charge on any atom is -0.342 e. The Hall–Kier alpha value is -1.92. The smallest absolute Gasteiger partial charge is 0.342 e. The largest absolute Gasteiger partial charge is 0.448 e. The van der Waals surface area contributed by atoms with Gasteiger partial charge in [0.15, 0.2) is 5.78 Å². The number of hydrogen-bond acceptors (Lipinski definition) is 3. The molecule has 0 saturated carbocycles. The van der Waals surface area contributed by atoms with Crippen LogP contribution in [-0.2, 0) is 20.1 Å². The van der Waals surface area contributed by atoms with E-state index in [0.29, 0.717) is 25.7 Å². The lowest BCUT2D eigenvalue weighted by Gasteiger charge is -2.37. The fourth-order valence-corrected chi connectivity index (χ4v) is 3.91. The molecule has 3 nitrogen and oxygen atoms in total. The molecule has 6 heteroatoms. The van der Waals surface area contributed by atoms with Gasteiger partial charge in [-0.05, 0) is 57.9 Å². The van der Waals surface area contributed by atoms with E-state index in [4.69, 9.17) is 9.47 Å². The molecule has 1 aliphatic carbocycles. The van der Waals surface area contributed by atoms with Crippen LogP contribution in [0, 0.1) is 5.92 Å². The highest BCUT2D eigenvalue weighted by Crippen LogP contribution is 2.44. The number of ketones is 1. The molecule has 0 spiro atoms. The van der Waals surface area contributed by atoms with Crippen LogP contribution in [0.1, 0.15) is 58.4 Å². The van der Waals surface area contributed by atoms with Gasteiger partial charge >= 0.3 is 6.18 Å². The van der Waals surface area contributed by atoms with Crippen LogP contribution in [0.25, 0.3) is 0 Å². The summed E-state index contributed by atoms with van der Waals surface area (Å²) >= 11 is 0. The first-order valence-corrected chi connectivity index (χ1v) is 10.2. The molecule has 0 fully saturated rings. The predicted molar refractivity (Wildman–Crippen MR) is 111 cm³/mol. The Morgan fingerprint density at radius 3 is 2.27 bits per heavy atom. The Kier molecular flexibility index (Phi) is 8.06. The fraction of sp³-hybridized carbons (Fsp3) is 0.542. The maximum Gasteiger partial charge on any atom is 0.448 e. The topological polar surface area (TPSA) is 35.5 Å². The van der Waals surface area contributed by atoms with Crippen molar-refractivity contribution >= 4 is 5.78 Å². The van der Waals surface area contributed by atoms with E-state index in [-0.39, 0.29) is 17.3 Å². The van der Waals surface area contributed by atoms with E-state index in [2.05, 4.69) is 6.58 Å². The molecule has 2 rings (SSSR count). The molecule has 0 bridgehead atoms. The van der Waals surface area contributed by atoms with Crippen molar-refractivity contribution in [2.75, 3.05) is 7.11 Å². The number of rotatable bonds is 10. The van der Waals surface area contributed by atoms with Crippen molar-refractivity contribution in [3.05, 3.63) is 59.2 Å². The Labute approximate surface area is 177 Å². The van der Waals surface area contributed by atoms with E-state index in [1.54, 1.807) is 13.0 Å². The predicted octanol–water partition coefficient (Wildman–Crippen LogP) is 6.50. The van der Waals surface area contributed by atoms with Gasteiger partial charge in [0.2, 0.25) is 0 Å². The molecule has 1 aromatic rings. The standard InChI is InChI=1S/C24H31F3O3/c1-16(2)19(15-21-17(3)11-14-22(21)28)13-12-18(4)30-23(29-5,24(25,26)27)20-9-7-6-8-10-20/h6-10,18-19H,1,11-15H2,2-5H3/t18-,19?,23+/m0/s1. The number of ether oxygens (including phenoxy) is 2. The maximum atomic E-state index is 14.0. The Morgan fingerprint density at radius 2 is 1.80 bits per heavy atom. The van der Waals surface area contributed by atoms with Crippen LogP contribution in [-0.4, -0.2) is 25.2 Å². The van der Waals surface area contributed by atoms with E-state index >= 15 is 0 Å². The number of allylic oxidation sites excluding steroid dienone is 3. The highest BCUT2D eigenvalue weighted by atomic mass is 19.4. The average Bonchev–Trinajstić information content (AvgIpc) is 3.00. The number of halogens is 3. The second-order valence-electron chi connectivity index (χ2n) is 8.12. The number of Topliss-reactive ketones (excluding diaryl/α,β-unsaturated/α-hetero) is 1. The average molecular weight is 425 g/mol. The number of carbonyl (C=O) groups excluding carboxylic acids is 1. The molecule has 1 unspecified atom stereocenters. The molecule has 0 amide bonds. The lowest BCUT2D eigenvalue weighted by molar-refractivity contribution is -0.394. The van der Waals surface area contributed by atoms with Gasteiger partial charge in [0, 0.05) is 19.1 Å². The Bertz CT molecular complexity index is 783. The zero-order chi connectivity index (χ0) is 22.5. The van der Waals surface area contributed by atoms with Crippen molar-refractivity contribution in [3.63, 3.8) is 0 Å². The van der Waals surface area contributed by atoms with Gasteiger partial charge in [-0.15, -0.1) is 0 Å². The number of benzene rings is 1. The van der Waals surface area contributed by atoms with Gasteiger partial charge in [-0.1, -0.05) is 48.1 Å². The van der Waals surface area contributed by atoms with Gasteiger partial charge in [0.25, 0.3) is 5.79 Å². The molecule has 0 aliphatic heterocycles. The monoisotopic (exact) mass is 424 g/mol. The van der Waals surface area contributed by atoms with Crippen LogP contribution in [0.4, 0.5) is 13.2 Å². The third kappa shape index (κ3) is 5.41. The van der Waals surface area contributed by atoms with Crippen molar-refractivity contribution in [2.24, 2.45) is 5.92 Å². The molecular formula is C24H31F3O3. The summed E-state index contributed by atoms with van der Waals surface area (Å²) in [4.78, 5) is 12.1. The molecule has 0 radical (unpaired) electrons. The first-order valence-electron chi connectivity index (χ1n) is 10.2. The summed E-state index contributed by atoms with van der Waals surface area (Å²) in [5, 5.41) is 0. The number of alkyl halides is 3. The van der Waals surface area contributed by atoms with Gasteiger partial charge in [-0.3, -0.25) is 4.79 Å². The second-order valence-corrected chi connectivity index (χ2v) is 8.12. The summed E-state index contributed by atoms with van der Waals surface area (Å²) in [6, 6.07) is 7.38. The summed E-state index contributed by atoms with van der Waals surface area (Å²) < 4.78 is 52.4. The molecule has 0 heterocycles. The van der Waals surface area contributed by atoms with Gasteiger partial charge in [0.1, 0.15) is 0 Å². The Balaban J connectivity index is 2.12. The van der Waals surface area contributed by atoms with Crippen molar-refractivity contribution in [1.29, 1.82) is 0 Å². The molecular weight excluding hydrogens is 393 g/mol. The Morgan fingerprint density at radius 1 is 1.17 bits per heavy atom. The van der Waals surface area contributed by atoms with Crippen molar-refractivity contribution in [1.82, 2.24) is 0 Å². The summed E-state index contributed by atoms with van der Waals surface area (Å²) in [6.07, 6.45) is -2.59. The lowest BCUT2D eigenvalue weighted by Crippen LogP contribution is -2.48. The molecule has 0 aromatic heterocycles. The zero-order valence-electron chi connectivity index (χ0n) is 18.1. The normalized spacial score (nSPS) is 19.0. The maximum absolute atomic E-state index is 14.0. The van der Waals surface area contributed by atoms with E-state index in [9.17, 15) is 18.0 Å². The molecule has 1 aliphatic rings. The van der Waals surface area contributed by atoms with E-state index in [1.807, 2.05) is 13.8 Å². The quantitative estimate of drug-likeness (QED) is 0.318. The van der Waals surface area contributed by atoms with Gasteiger partial charge in [0.05, 0.1) is 6.10 Å². The minimum absolute atomic E-state index is 0.0163. The SMILES string of the molecule is C=C(C)C(CC[C@H](C)O[C@](OC)(c1ccccc1)C(F)(F)F)CC1=C(C)CCC1=O. The van der Waals surface area contributed by atoms with Crippen molar-refractivity contribution in [2.45, 2.75) is 70.9 Å². The molecule has 3 atom stereocenters. The first-order chi connectivity index (χ1) is 14.0. The third-order valence-corrected chi connectivity index (χ3v) is 5.83. The van der Waals surface area contributed by atoms with Crippen molar-refractivity contribution < 1.29 is 27.4 Å². The van der Waals surface area contributed by atoms with E-state index in [0.717, 1.165) is 30.2 Å². The van der Waals surface area contributed by atoms with Crippen LogP contribution < -0.4 is 0 Å². The first kappa shape index (κ1) is 24.4. The van der Waals surface area contributed by atoms with Gasteiger partial charge in [-0.2, -0.15) is 13.2 Å². The van der Waals surface area contributed by atoms with Crippen LogP contribution in [0.5, 0.6) is 0 Å². The highest BCUT2D eigenvalue weighted by molar-refractivity contribution is 5.98. The van der Waals surface area contributed by atoms with Crippen LogP contribution in [0.2, 0.25) is 0 Å². The third-order valence-electron chi connectivity index (χ3n) is 5.83. The summed E-state index contributed by atoms with van der Waals surface area (Å²) in [5.74, 6) is -2.64. The van der Waals surface area contributed by atoms with Gasteiger partial charge < -0.3 is 9.47 Å². The van der Waals surface area contributed by atoms with E-state index in [1.165, 1.54) is 24.3 Å². The molecule has 0 saturated heterocycles. The summed E-state index contributed by atoms with van der Waals surface area (Å²) in [6.45, 7) is 9.50. The summed E-state index contributed by atoms with van der Waals surface area (Å²) in [5.41, 5.74) is 2.78. The number of methoxy groups -OCH3 is 1. The minimum atomic E-state index is -4.75. The molecule has 30 heavy (non-hydrogen) atoms. The number of carbonyl (C=O) groups is 1. The zero-order valence-corrected chi connectivity index (χ0v) is 18.1. The highest BCUT2D eigenvalue weighted by Gasteiger charge is 2.59. The second kappa shape index (κ2) is 9.92. The summed E-state index contributed by atoms with van der Waals surface area (Å²) in [7, 11) is 1.00. The molecule has 0 N–H and O–H groups in total. The molecule has 1 aromatic carbocycles. The number of hydrogen-bond donors (Lipinski definition) is 0. The van der Waals surface area contributed by atoms with E-state index < -0.39 is 18.1 Å². The van der Waals surface area contributed by atoms with Crippen LogP contribution in [0.15, 0.2) is 53.6 Å². The lowest BCUT2D eigenvalue weighted by atomic mass is 9.87.